The first kappa shape index (κ1) is 22.3. The lowest BCUT2D eigenvalue weighted by atomic mass is 9.90. The maximum atomic E-state index is 12.4. The van der Waals surface area contributed by atoms with Crippen molar-refractivity contribution in [1.82, 2.24) is 5.32 Å². The molecule has 6 nitrogen and oxygen atoms in total. The minimum atomic E-state index is -1.04. The molecule has 0 aliphatic carbocycles. The number of rotatable bonds is 8. The number of benzene rings is 2. The molecule has 0 aromatic heterocycles. The summed E-state index contributed by atoms with van der Waals surface area (Å²) in [6.07, 6.45) is 0. The zero-order chi connectivity index (χ0) is 21.4. The second-order valence-electron chi connectivity index (χ2n) is 7.00. The van der Waals surface area contributed by atoms with Crippen molar-refractivity contribution >= 4 is 23.5 Å². The molecule has 2 aromatic rings. The molecule has 0 aliphatic heterocycles. The van der Waals surface area contributed by atoms with E-state index in [4.69, 9.17) is 21.1 Å². The number of para-hydroxylation sites is 1. The lowest BCUT2D eigenvalue weighted by molar-refractivity contribution is -0.125. The number of esters is 1. The summed E-state index contributed by atoms with van der Waals surface area (Å²) in [5.74, 6) is -0.989. The SMILES string of the molecule is CC(C)[C@](C)(C#N)NC(=O)COC(=O)c1ccccc1OCc1ccc(Cl)cc1. The van der Waals surface area contributed by atoms with Gasteiger partial charge in [-0.15, -0.1) is 0 Å². The molecule has 0 bridgehead atoms. The fourth-order valence-electron chi connectivity index (χ4n) is 2.34. The topological polar surface area (TPSA) is 88.4 Å². The molecule has 1 N–H and O–H groups in total. The Balaban J connectivity index is 1.98. The molecule has 0 fully saturated rings. The smallest absolute Gasteiger partial charge is 0.342 e. The second kappa shape index (κ2) is 9.94. The van der Waals surface area contributed by atoms with Gasteiger partial charge in [-0.25, -0.2) is 4.79 Å². The van der Waals surface area contributed by atoms with Crippen molar-refractivity contribution < 1.29 is 19.1 Å². The van der Waals surface area contributed by atoms with Gasteiger partial charge in [0, 0.05) is 5.02 Å². The number of nitrogens with one attached hydrogen (secondary N) is 1. The van der Waals surface area contributed by atoms with E-state index in [1.165, 1.54) is 0 Å². The number of carbonyl (C=O) groups excluding carboxylic acids is 2. The molecule has 1 amide bonds. The largest absolute Gasteiger partial charge is 0.488 e. The molecule has 0 saturated carbocycles. The van der Waals surface area contributed by atoms with Gasteiger partial charge in [-0.2, -0.15) is 5.26 Å². The highest BCUT2D eigenvalue weighted by molar-refractivity contribution is 6.30. The summed E-state index contributed by atoms with van der Waals surface area (Å²) in [6, 6.07) is 15.9. The first-order chi connectivity index (χ1) is 13.7. The van der Waals surface area contributed by atoms with Gasteiger partial charge in [-0.3, -0.25) is 4.79 Å². The van der Waals surface area contributed by atoms with Crippen LogP contribution < -0.4 is 10.1 Å². The van der Waals surface area contributed by atoms with E-state index in [1.807, 2.05) is 26.0 Å². The van der Waals surface area contributed by atoms with Gasteiger partial charge in [0.15, 0.2) is 6.61 Å². The molecule has 2 aromatic carbocycles. The van der Waals surface area contributed by atoms with Crippen molar-refractivity contribution in [3.05, 3.63) is 64.7 Å². The van der Waals surface area contributed by atoms with Crippen molar-refractivity contribution in [2.45, 2.75) is 32.9 Å². The van der Waals surface area contributed by atoms with Crippen LogP contribution >= 0.6 is 11.6 Å². The average molecular weight is 415 g/mol. The minimum absolute atomic E-state index is 0.103. The molecule has 0 aliphatic rings. The summed E-state index contributed by atoms with van der Waals surface area (Å²) in [7, 11) is 0. The normalized spacial score (nSPS) is 12.6. The quantitative estimate of drug-likeness (QED) is 0.656. The van der Waals surface area contributed by atoms with Crippen LogP contribution in [0.15, 0.2) is 48.5 Å². The summed E-state index contributed by atoms with van der Waals surface area (Å²) in [6.45, 7) is 5.02. The molecule has 0 spiro atoms. The predicted octanol–water partition coefficient (Wildman–Crippen LogP) is 4.13. The molecule has 29 heavy (non-hydrogen) atoms. The van der Waals surface area contributed by atoms with Crippen molar-refractivity contribution in [3.63, 3.8) is 0 Å². The van der Waals surface area contributed by atoms with E-state index >= 15 is 0 Å². The lowest BCUT2D eigenvalue weighted by Crippen LogP contribution is -2.50. The minimum Gasteiger partial charge on any atom is -0.488 e. The lowest BCUT2D eigenvalue weighted by Gasteiger charge is -2.27. The molecule has 0 heterocycles. The molecular formula is C22H23ClN2O4. The second-order valence-corrected chi connectivity index (χ2v) is 7.44. The van der Waals surface area contributed by atoms with Gasteiger partial charge < -0.3 is 14.8 Å². The van der Waals surface area contributed by atoms with Crippen LogP contribution in [0.3, 0.4) is 0 Å². The zero-order valence-electron chi connectivity index (χ0n) is 16.6. The Bertz CT molecular complexity index is 906. The number of hydrogen-bond donors (Lipinski definition) is 1. The third-order valence-corrected chi connectivity index (χ3v) is 4.79. The van der Waals surface area contributed by atoms with Gasteiger partial charge in [0.1, 0.15) is 23.5 Å². The molecule has 0 saturated heterocycles. The number of ether oxygens (including phenoxy) is 2. The van der Waals surface area contributed by atoms with E-state index in [1.54, 1.807) is 43.3 Å². The van der Waals surface area contributed by atoms with Gasteiger partial charge in [-0.05, 0) is 42.7 Å². The van der Waals surface area contributed by atoms with E-state index < -0.39 is 24.0 Å². The van der Waals surface area contributed by atoms with Crippen LogP contribution in [-0.4, -0.2) is 24.0 Å². The molecule has 0 unspecified atom stereocenters. The van der Waals surface area contributed by atoms with Gasteiger partial charge in [0.2, 0.25) is 0 Å². The van der Waals surface area contributed by atoms with Crippen molar-refractivity contribution in [3.8, 4) is 11.8 Å². The summed E-state index contributed by atoms with van der Waals surface area (Å²) in [4.78, 5) is 24.5. The van der Waals surface area contributed by atoms with Gasteiger partial charge in [0.25, 0.3) is 5.91 Å². The fraction of sp³-hybridized carbons (Fsp3) is 0.318. The monoisotopic (exact) mass is 414 g/mol. The molecule has 0 radical (unpaired) electrons. The van der Waals surface area contributed by atoms with E-state index in [2.05, 4.69) is 11.4 Å². The summed E-state index contributed by atoms with van der Waals surface area (Å²) < 4.78 is 10.8. The van der Waals surface area contributed by atoms with Crippen LogP contribution in [0.25, 0.3) is 0 Å². The maximum absolute atomic E-state index is 12.4. The summed E-state index contributed by atoms with van der Waals surface area (Å²) in [5, 5.41) is 12.5. The van der Waals surface area contributed by atoms with Gasteiger partial charge in [0.05, 0.1) is 6.07 Å². The Morgan fingerprint density at radius 1 is 1.17 bits per heavy atom. The number of nitrogens with zero attached hydrogens (tertiary/aromatic N) is 1. The molecule has 1 atom stereocenters. The highest BCUT2D eigenvalue weighted by atomic mass is 35.5. The van der Waals surface area contributed by atoms with Crippen LogP contribution in [0, 0.1) is 17.2 Å². The van der Waals surface area contributed by atoms with E-state index in [0.29, 0.717) is 10.8 Å². The Kier molecular flexibility index (Phi) is 7.63. The standard InChI is InChI=1S/C22H23ClN2O4/c1-15(2)22(3,14-24)25-20(26)13-29-21(27)18-6-4-5-7-19(18)28-12-16-8-10-17(23)11-9-16/h4-11,15H,12-13H2,1-3H3,(H,25,26)/t22-/m0/s1. The van der Waals surface area contributed by atoms with Crippen LogP contribution in [0.5, 0.6) is 5.75 Å². The number of nitriles is 1. The summed E-state index contributed by atoms with van der Waals surface area (Å²) >= 11 is 5.87. The number of hydrogen-bond acceptors (Lipinski definition) is 5. The highest BCUT2D eigenvalue weighted by Gasteiger charge is 2.30. The Labute approximate surface area is 175 Å². The van der Waals surface area contributed by atoms with Crippen molar-refractivity contribution in [1.29, 1.82) is 5.26 Å². The van der Waals surface area contributed by atoms with Crippen LogP contribution in [0.2, 0.25) is 5.02 Å². The molecule has 7 heteroatoms. The van der Waals surface area contributed by atoms with Crippen LogP contribution in [0.4, 0.5) is 0 Å². The molecule has 152 valence electrons. The van der Waals surface area contributed by atoms with Crippen LogP contribution in [-0.2, 0) is 16.1 Å². The predicted molar refractivity (Wildman–Crippen MR) is 110 cm³/mol. The third-order valence-electron chi connectivity index (χ3n) is 4.53. The van der Waals surface area contributed by atoms with Crippen molar-refractivity contribution in [2.75, 3.05) is 6.61 Å². The molecule has 2 rings (SSSR count). The van der Waals surface area contributed by atoms with Gasteiger partial charge in [-0.1, -0.05) is 49.7 Å². The van der Waals surface area contributed by atoms with E-state index in [9.17, 15) is 14.9 Å². The number of amides is 1. The Hall–Kier alpha value is -3.04. The van der Waals surface area contributed by atoms with Crippen LogP contribution in [0.1, 0.15) is 36.7 Å². The first-order valence-corrected chi connectivity index (χ1v) is 9.48. The maximum Gasteiger partial charge on any atom is 0.342 e. The summed E-state index contributed by atoms with van der Waals surface area (Å²) in [5.41, 5.74) is 0.0610. The van der Waals surface area contributed by atoms with E-state index in [-0.39, 0.29) is 18.1 Å². The number of halogens is 1. The Morgan fingerprint density at radius 2 is 1.83 bits per heavy atom. The van der Waals surface area contributed by atoms with Gasteiger partial charge >= 0.3 is 5.97 Å². The Morgan fingerprint density at radius 3 is 2.45 bits per heavy atom. The zero-order valence-corrected chi connectivity index (χ0v) is 17.3. The fourth-order valence-corrected chi connectivity index (χ4v) is 2.46. The number of carbonyl (C=O) groups is 2. The van der Waals surface area contributed by atoms with E-state index in [0.717, 1.165) is 5.56 Å². The average Bonchev–Trinajstić information content (AvgIpc) is 2.71. The third kappa shape index (κ3) is 6.23. The molecular weight excluding hydrogens is 392 g/mol. The highest BCUT2D eigenvalue weighted by Crippen LogP contribution is 2.21. The van der Waals surface area contributed by atoms with Crippen molar-refractivity contribution in [2.24, 2.45) is 5.92 Å². The first-order valence-electron chi connectivity index (χ1n) is 9.11.